The van der Waals surface area contributed by atoms with Crippen molar-refractivity contribution in [1.82, 2.24) is 0 Å². The first-order valence-electron chi connectivity index (χ1n) is 8.33. The summed E-state index contributed by atoms with van der Waals surface area (Å²) >= 11 is 0. The molecule has 2 heteroatoms. The Balaban J connectivity index is 2.00. The lowest BCUT2D eigenvalue weighted by atomic mass is 9.95. The highest BCUT2D eigenvalue weighted by molar-refractivity contribution is 6.01. The molecular weight excluding hydrogens is 308 g/mol. The van der Waals surface area contributed by atoms with Crippen molar-refractivity contribution in [3.8, 4) is 22.3 Å². The van der Waals surface area contributed by atoms with Crippen molar-refractivity contribution >= 4 is 11.0 Å². The first-order chi connectivity index (χ1) is 12.1. The lowest BCUT2D eigenvalue weighted by molar-refractivity contribution is 0.562. The number of benzene rings is 3. The van der Waals surface area contributed by atoms with E-state index >= 15 is 0 Å². The van der Waals surface area contributed by atoms with Crippen LogP contribution in [-0.4, -0.2) is 0 Å². The van der Waals surface area contributed by atoms with Crippen molar-refractivity contribution in [3.63, 3.8) is 0 Å². The molecule has 0 saturated heterocycles. The van der Waals surface area contributed by atoms with E-state index in [0.29, 0.717) is 5.58 Å². The lowest BCUT2D eigenvalue weighted by Gasteiger charge is -2.11. The highest BCUT2D eigenvalue weighted by Gasteiger charge is 2.12. The molecule has 0 aliphatic heterocycles. The fourth-order valence-electron chi connectivity index (χ4n) is 3.11. The van der Waals surface area contributed by atoms with Crippen molar-refractivity contribution in [3.05, 3.63) is 94.3 Å². The second-order valence-corrected chi connectivity index (χ2v) is 6.39. The highest BCUT2D eigenvalue weighted by atomic mass is 16.4. The van der Waals surface area contributed by atoms with Gasteiger partial charge < -0.3 is 4.42 Å². The van der Waals surface area contributed by atoms with Gasteiger partial charge in [-0.25, -0.2) is 4.79 Å². The molecule has 4 rings (SSSR count). The number of hydrogen-bond donors (Lipinski definition) is 0. The summed E-state index contributed by atoms with van der Waals surface area (Å²) in [4.78, 5) is 11.8. The van der Waals surface area contributed by atoms with E-state index in [1.54, 1.807) is 0 Å². The number of rotatable bonds is 2. The first-order valence-corrected chi connectivity index (χ1v) is 8.33. The standard InChI is InChI=1S/C23H18O2/c1-15-3-7-17(8-4-15)19-11-12-20(18-9-5-16(2)6-10-18)23-21(19)13-14-22(24)25-23/h3-14H,1-2H3. The predicted octanol–water partition coefficient (Wildman–Crippen LogP) is 5.74. The van der Waals surface area contributed by atoms with Crippen molar-refractivity contribution < 1.29 is 4.42 Å². The normalized spacial score (nSPS) is 11.0. The van der Waals surface area contributed by atoms with Crippen LogP contribution < -0.4 is 5.63 Å². The van der Waals surface area contributed by atoms with E-state index in [1.807, 2.05) is 12.1 Å². The summed E-state index contributed by atoms with van der Waals surface area (Å²) in [5.41, 5.74) is 6.87. The first kappa shape index (κ1) is 15.4. The Morgan fingerprint density at radius 1 is 0.600 bits per heavy atom. The third-order valence-corrected chi connectivity index (χ3v) is 4.51. The quantitative estimate of drug-likeness (QED) is 0.439. The summed E-state index contributed by atoms with van der Waals surface area (Å²) < 4.78 is 5.61. The largest absolute Gasteiger partial charge is 0.422 e. The van der Waals surface area contributed by atoms with Gasteiger partial charge in [-0.1, -0.05) is 65.7 Å². The van der Waals surface area contributed by atoms with Gasteiger partial charge in [0.05, 0.1) is 0 Å². The van der Waals surface area contributed by atoms with Gasteiger partial charge in [-0.2, -0.15) is 0 Å². The van der Waals surface area contributed by atoms with Crippen LogP contribution in [0.3, 0.4) is 0 Å². The Morgan fingerprint density at radius 3 is 1.72 bits per heavy atom. The van der Waals surface area contributed by atoms with Crippen LogP contribution in [0.2, 0.25) is 0 Å². The van der Waals surface area contributed by atoms with Gasteiger partial charge in [-0.05, 0) is 42.7 Å². The molecule has 0 bridgehead atoms. The number of aryl methyl sites for hydroxylation is 2. The third kappa shape index (κ3) is 2.87. The molecule has 0 radical (unpaired) electrons. The van der Waals surface area contributed by atoms with Gasteiger partial charge in [0.15, 0.2) is 0 Å². The second kappa shape index (κ2) is 6.06. The molecular formula is C23H18O2. The molecule has 0 unspecified atom stereocenters. The smallest absolute Gasteiger partial charge is 0.336 e. The van der Waals surface area contributed by atoms with Gasteiger partial charge in [-0.15, -0.1) is 0 Å². The molecule has 0 aliphatic carbocycles. The molecule has 2 nitrogen and oxygen atoms in total. The van der Waals surface area contributed by atoms with Crippen LogP contribution in [0.25, 0.3) is 33.2 Å². The van der Waals surface area contributed by atoms with E-state index in [1.165, 1.54) is 17.2 Å². The minimum Gasteiger partial charge on any atom is -0.422 e. The van der Waals surface area contributed by atoms with Gasteiger partial charge in [0.25, 0.3) is 0 Å². The molecule has 0 aliphatic rings. The average molecular weight is 326 g/mol. The highest BCUT2D eigenvalue weighted by Crippen LogP contribution is 2.35. The van der Waals surface area contributed by atoms with Gasteiger partial charge in [0.1, 0.15) is 5.58 Å². The van der Waals surface area contributed by atoms with E-state index < -0.39 is 0 Å². The molecule has 1 heterocycles. The Bertz CT molecular complexity index is 1100. The maximum atomic E-state index is 11.8. The van der Waals surface area contributed by atoms with Gasteiger partial charge >= 0.3 is 5.63 Å². The van der Waals surface area contributed by atoms with Gasteiger partial charge in [0, 0.05) is 17.0 Å². The second-order valence-electron chi connectivity index (χ2n) is 6.39. The maximum Gasteiger partial charge on any atom is 0.336 e. The van der Waals surface area contributed by atoms with Crippen LogP contribution in [0.1, 0.15) is 11.1 Å². The summed E-state index contributed by atoms with van der Waals surface area (Å²) in [6, 6.07) is 24.1. The maximum absolute atomic E-state index is 11.8. The zero-order chi connectivity index (χ0) is 17.4. The minimum atomic E-state index is -0.332. The SMILES string of the molecule is Cc1ccc(-c2ccc(-c3ccc(C)cc3)c3oc(=O)ccc23)cc1. The van der Waals surface area contributed by atoms with Crippen LogP contribution in [0.4, 0.5) is 0 Å². The van der Waals surface area contributed by atoms with Crippen LogP contribution >= 0.6 is 0 Å². The van der Waals surface area contributed by atoms with E-state index in [-0.39, 0.29) is 5.63 Å². The molecule has 0 amide bonds. The Hall–Kier alpha value is -3.13. The van der Waals surface area contributed by atoms with E-state index in [9.17, 15) is 4.79 Å². The molecule has 0 N–H and O–H groups in total. The number of hydrogen-bond acceptors (Lipinski definition) is 2. The predicted molar refractivity (Wildman–Crippen MR) is 103 cm³/mol. The van der Waals surface area contributed by atoms with Crippen LogP contribution in [0.15, 0.2) is 82.0 Å². The summed E-state index contributed by atoms with van der Waals surface area (Å²) in [6.07, 6.45) is 0. The van der Waals surface area contributed by atoms with Crippen LogP contribution in [-0.2, 0) is 0 Å². The van der Waals surface area contributed by atoms with E-state index in [2.05, 4.69) is 68.4 Å². The topological polar surface area (TPSA) is 30.2 Å². The monoisotopic (exact) mass is 326 g/mol. The molecule has 122 valence electrons. The molecule has 0 saturated carbocycles. The minimum absolute atomic E-state index is 0.332. The summed E-state index contributed by atoms with van der Waals surface area (Å²) in [6.45, 7) is 4.13. The molecule has 3 aromatic carbocycles. The zero-order valence-corrected chi connectivity index (χ0v) is 14.2. The van der Waals surface area contributed by atoms with Crippen molar-refractivity contribution in [1.29, 1.82) is 0 Å². The van der Waals surface area contributed by atoms with E-state index in [0.717, 1.165) is 27.6 Å². The van der Waals surface area contributed by atoms with E-state index in [4.69, 9.17) is 4.42 Å². The van der Waals surface area contributed by atoms with Crippen LogP contribution in [0, 0.1) is 13.8 Å². The van der Waals surface area contributed by atoms with Crippen LogP contribution in [0.5, 0.6) is 0 Å². The molecule has 25 heavy (non-hydrogen) atoms. The summed E-state index contributed by atoms with van der Waals surface area (Å²) in [5.74, 6) is 0. The molecule has 0 atom stereocenters. The number of fused-ring (bicyclic) bond motifs is 1. The molecule has 0 fully saturated rings. The third-order valence-electron chi connectivity index (χ3n) is 4.51. The fraction of sp³-hybridized carbons (Fsp3) is 0.0870. The molecule has 4 aromatic rings. The Morgan fingerprint density at radius 2 is 1.12 bits per heavy atom. The Kier molecular flexibility index (Phi) is 3.73. The zero-order valence-electron chi connectivity index (χ0n) is 14.2. The average Bonchev–Trinajstić information content (AvgIpc) is 2.62. The summed E-state index contributed by atoms with van der Waals surface area (Å²) in [5, 5.41) is 0.946. The van der Waals surface area contributed by atoms with Gasteiger partial charge in [-0.3, -0.25) is 0 Å². The fourth-order valence-corrected chi connectivity index (χ4v) is 3.11. The van der Waals surface area contributed by atoms with Crippen molar-refractivity contribution in [2.45, 2.75) is 13.8 Å². The van der Waals surface area contributed by atoms with Crippen molar-refractivity contribution in [2.24, 2.45) is 0 Å². The molecule has 1 aromatic heterocycles. The molecule has 0 spiro atoms. The Labute approximate surface area is 146 Å². The lowest BCUT2D eigenvalue weighted by Crippen LogP contribution is -1.97. The summed E-state index contributed by atoms with van der Waals surface area (Å²) in [7, 11) is 0. The van der Waals surface area contributed by atoms with Crippen molar-refractivity contribution in [2.75, 3.05) is 0 Å². The van der Waals surface area contributed by atoms with Gasteiger partial charge in [0.2, 0.25) is 0 Å².